The maximum absolute atomic E-state index is 3.19. The van der Waals surface area contributed by atoms with Gasteiger partial charge in [-0.15, -0.1) is 13.3 Å². The molecule has 47 valence electrons. The third kappa shape index (κ3) is 1.49. The van der Waals surface area contributed by atoms with Crippen LogP contribution in [-0.4, -0.2) is 0 Å². The fraction of sp³-hybridized carbons (Fsp3) is 0.429. The minimum absolute atomic E-state index is 0. The van der Waals surface area contributed by atoms with Gasteiger partial charge in [-0.05, 0) is 0 Å². The number of allylic oxidation sites excluding steroid dienone is 4. The van der Waals surface area contributed by atoms with Gasteiger partial charge in [-0.25, -0.2) is 11.1 Å². The molecule has 0 spiro atoms. The molecular formula is C7H9Co-. The molecular weight excluding hydrogens is 143 g/mol. The Morgan fingerprint density at radius 2 is 2.12 bits per heavy atom. The van der Waals surface area contributed by atoms with Crippen molar-refractivity contribution in [3.63, 3.8) is 0 Å². The summed E-state index contributed by atoms with van der Waals surface area (Å²) < 4.78 is 0. The van der Waals surface area contributed by atoms with Crippen molar-refractivity contribution in [3.05, 3.63) is 23.3 Å². The Hall–Kier alpha value is -0.0135. The van der Waals surface area contributed by atoms with Gasteiger partial charge in [0.1, 0.15) is 0 Å². The average molecular weight is 152 g/mol. The van der Waals surface area contributed by atoms with Gasteiger partial charge >= 0.3 is 0 Å². The molecule has 0 fully saturated rings. The van der Waals surface area contributed by atoms with E-state index in [4.69, 9.17) is 0 Å². The third-order valence-electron chi connectivity index (χ3n) is 1.37. The first kappa shape index (κ1) is 7.99. The van der Waals surface area contributed by atoms with Crippen LogP contribution in [0.15, 0.2) is 17.2 Å². The van der Waals surface area contributed by atoms with Gasteiger partial charge in [0.15, 0.2) is 0 Å². The molecule has 0 heterocycles. The van der Waals surface area contributed by atoms with E-state index >= 15 is 0 Å². The fourth-order valence-corrected chi connectivity index (χ4v) is 0.650. The van der Waals surface area contributed by atoms with Crippen LogP contribution in [0.1, 0.15) is 20.3 Å². The zero-order valence-electron chi connectivity index (χ0n) is 5.12. The van der Waals surface area contributed by atoms with Crippen molar-refractivity contribution >= 4 is 0 Å². The zero-order chi connectivity index (χ0) is 5.28. The number of hydrogen-bond donors (Lipinski definition) is 0. The monoisotopic (exact) mass is 152 g/mol. The van der Waals surface area contributed by atoms with Gasteiger partial charge in [0.05, 0.1) is 0 Å². The first-order valence-corrected chi connectivity index (χ1v) is 2.55. The summed E-state index contributed by atoms with van der Waals surface area (Å²) in [4.78, 5) is 0. The van der Waals surface area contributed by atoms with Crippen molar-refractivity contribution in [1.29, 1.82) is 0 Å². The first-order chi connectivity index (χ1) is 3.30. The molecule has 1 aliphatic carbocycles. The van der Waals surface area contributed by atoms with Crippen LogP contribution in [0.25, 0.3) is 0 Å². The molecule has 0 aliphatic heterocycles. The molecule has 0 aromatic rings. The zero-order valence-corrected chi connectivity index (χ0v) is 6.16. The van der Waals surface area contributed by atoms with E-state index in [1.807, 2.05) is 0 Å². The standard InChI is InChI=1S/C7H9.Co/c1-6-4-3-5-7(6)2;/h4H,3H2,1-2H3;/q-1;. The largest absolute Gasteiger partial charge is 0.270 e. The second kappa shape index (κ2) is 3.10. The number of hydrogen-bond acceptors (Lipinski definition) is 0. The molecule has 0 unspecified atom stereocenters. The molecule has 0 saturated heterocycles. The topological polar surface area (TPSA) is 0 Å². The summed E-state index contributed by atoms with van der Waals surface area (Å²) in [6, 6.07) is 0. The molecule has 0 amide bonds. The molecule has 8 heavy (non-hydrogen) atoms. The Balaban J connectivity index is 0.000000490. The van der Waals surface area contributed by atoms with Crippen molar-refractivity contribution < 1.29 is 16.8 Å². The van der Waals surface area contributed by atoms with Crippen LogP contribution in [0.3, 0.4) is 0 Å². The van der Waals surface area contributed by atoms with Crippen molar-refractivity contribution in [1.82, 2.24) is 0 Å². The summed E-state index contributed by atoms with van der Waals surface area (Å²) in [6.07, 6.45) is 6.41. The van der Waals surface area contributed by atoms with Crippen LogP contribution in [0.4, 0.5) is 0 Å². The van der Waals surface area contributed by atoms with Gasteiger partial charge in [-0.1, -0.05) is 6.92 Å². The Kier molecular flexibility index (Phi) is 3.10. The molecule has 0 atom stereocenters. The van der Waals surface area contributed by atoms with Crippen LogP contribution in [-0.2, 0) is 16.8 Å². The molecule has 0 saturated carbocycles. The minimum Gasteiger partial charge on any atom is -0.270 e. The molecule has 0 N–H and O–H groups in total. The molecule has 1 radical (unpaired) electrons. The summed E-state index contributed by atoms with van der Waals surface area (Å²) in [5.41, 5.74) is 2.71. The van der Waals surface area contributed by atoms with Gasteiger partial charge < -0.3 is 0 Å². The van der Waals surface area contributed by atoms with E-state index in [1.165, 1.54) is 11.1 Å². The van der Waals surface area contributed by atoms with E-state index in [0.29, 0.717) is 0 Å². The van der Waals surface area contributed by atoms with Crippen molar-refractivity contribution in [3.8, 4) is 0 Å². The van der Waals surface area contributed by atoms with E-state index in [0.717, 1.165) is 6.42 Å². The molecule has 1 aliphatic rings. The second-order valence-corrected chi connectivity index (χ2v) is 1.89. The molecule has 1 rings (SSSR count). The SMILES string of the molecule is CC1=[C-]CC=C1C.[Co]. The Bertz CT molecular complexity index is 115. The Morgan fingerprint density at radius 1 is 1.50 bits per heavy atom. The maximum Gasteiger partial charge on any atom is 0 e. The van der Waals surface area contributed by atoms with Crippen LogP contribution < -0.4 is 0 Å². The molecule has 1 heteroatoms. The summed E-state index contributed by atoms with van der Waals surface area (Å²) in [6.45, 7) is 4.22. The third-order valence-corrected chi connectivity index (χ3v) is 1.37. The van der Waals surface area contributed by atoms with E-state index in [9.17, 15) is 0 Å². The van der Waals surface area contributed by atoms with Crippen LogP contribution in [0.2, 0.25) is 0 Å². The maximum atomic E-state index is 3.19. The molecule has 0 nitrogen and oxygen atoms in total. The Morgan fingerprint density at radius 3 is 2.25 bits per heavy atom. The summed E-state index contributed by atoms with van der Waals surface area (Å²) >= 11 is 0. The van der Waals surface area contributed by atoms with E-state index in [2.05, 4.69) is 26.0 Å². The quantitative estimate of drug-likeness (QED) is 0.466. The first-order valence-electron chi connectivity index (χ1n) is 2.55. The van der Waals surface area contributed by atoms with Gasteiger partial charge in [0.25, 0.3) is 0 Å². The fourth-order valence-electron chi connectivity index (χ4n) is 0.650. The smallest absolute Gasteiger partial charge is 0 e. The summed E-state index contributed by atoms with van der Waals surface area (Å²) in [5, 5.41) is 0. The van der Waals surface area contributed by atoms with Gasteiger partial charge in [0.2, 0.25) is 0 Å². The summed E-state index contributed by atoms with van der Waals surface area (Å²) in [5.74, 6) is 0. The molecule has 0 bridgehead atoms. The average Bonchev–Trinajstić information content (AvgIpc) is 1.91. The van der Waals surface area contributed by atoms with Crippen molar-refractivity contribution in [2.75, 3.05) is 0 Å². The normalized spacial score (nSPS) is 16.8. The van der Waals surface area contributed by atoms with Crippen molar-refractivity contribution in [2.45, 2.75) is 20.3 Å². The minimum atomic E-state index is 0. The van der Waals surface area contributed by atoms with Gasteiger partial charge in [0, 0.05) is 16.8 Å². The molecule has 0 aromatic heterocycles. The molecule has 0 aromatic carbocycles. The van der Waals surface area contributed by atoms with Crippen LogP contribution >= 0.6 is 0 Å². The van der Waals surface area contributed by atoms with E-state index < -0.39 is 0 Å². The van der Waals surface area contributed by atoms with E-state index in [-0.39, 0.29) is 16.8 Å². The summed E-state index contributed by atoms with van der Waals surface area (Å²) in [7, 11) is 0. The van der Waals surface area contributed by atoms with Crippen LogP contribution in [0, 0.1) is 6.08 Å². The van der Waals surface area contributed by atoms with E-state index in [1.54, 1.807) is 0 Å². The second-order valence-electron chi connectivity index (χ2n) is 1.89. The predicted molar refractivity (Wildman–Crippen MR) is 30.8 cm³/mol. The van der Waals surface area contributed by atoms with Crippen LogP contribution in [0.5, 0.6) is 0 Å². The number of rotatable bonds is 0. The predicted octanol–water partition coefficient (Wildman–Crippen LogP) is 2.08. The van der Waals surface area contributed by atoms with Gasteiger partial charge in [-0.2, -0.15) is 6.08 Å². The van der Waals surface area contributed by atoms with Gasteiger partial charge in [-0.3, -0.25) is 6.08 Å². The Labute approximate surface area is 60.9 Å². The van der Waals surface area contributed by atoms with Crippen molar-refractivity contribution in [2.24, 2.45) is 0 Å².